The number of hydrogen-bond acceptors (Lipinski definition) is 2. The molecule has 114 valence electrons. The molecule has 0 atom stereocenters. The highest BCUT2D eigenvalue weighted by molar-refractivity contribution is 9.10. The highest BCUT2D eigenvalue weighted by Crippen LogP contribution is 2.44. The Morgan fingerprint density at radius 3 is 2.57 bits per heavy atom. The fourth-order valence-electron chi connectivity index (χ4n) is 2.97. The molecule has 0 radical (unpaired) electrons. The summed E-state index contributed by atoms with van der Waals surface area (Å²) in [6.07, 6.45) is 2.07. The first-order valence-electron chi connectivity index (χ1n) is 7.12. The summed E-state index contributed by atoms with van der Waals surface area (Å²) in [6.45, 7) is 0. The van der Waals surface area contributed by atoms with E-state index in [4.69, 9.17) is 11.6 Å². The standard InChI is InChI=1S/C19H12BrClS2/c1-22-19-14(9-11(20)10-15(19)21)12-6-4-8-17-18(12)13-5-2-3-7-16(13)23-17/h2-10H,1H3. The molecule has 4 rings (SSSR count). The highest BCUT2D eigenvalue weighted by Gasteiger charge is 2.15. The molecule has 0 aliphatic heterocycles. The van der Waals surface area contributed by atoms with E-state index in [0.717, 1.165) is 14.4 Å². The number of rotatable bonds is 2. The second-order valence-corrected chi connectivity index (χ2v) is 8.47. The van der Waals surface area contributed by atoms with Gasteiger partial charge in [0.1, 0.15) is 0 Å². The van der Waals surface area contributed by atoms with Gasteiger partial charge in [0.2, 0.25) is 0 Å². The lowest BCUT2D eigenvalue weighted by Crippen LogP contribution is -1.85. The Morgan fingerprint density at radius 2 is 1.74 bits per heavy atom. The van der Waals surface area contributed by atoms with Gasteiger partial charge in [-0.05, 0) is 41.6 Å². The number of fused-ring (bicyclic) bond motifs is 3. The van der Waals surface area contributed by atoms with Gasteiger partial charge >= 0.3 is 0 Å². The number of thiophene rings is 1. The lowest BCUT2D eigenvalue weighted by atomic mass is 9.99. The van der Waals surface area contributed by atoms with Crippen molar-refractivity contribution in [3.8, 4) is 11.1 Å². The molecule has 23 heavy (non-hydrogen) atoms. The molecule has 4 aromatic rings. The first-order valence-corrected chi connectivity index (χ1v) is 10.3. The van der Waals surface area contributed by atoms with E-state index in [1.165, 1.54) is 31.3 Å². The maximum absolute atomic E-state index is 6.48. The predicted octanol–water partition coefficient (Wildman–Crippen LogP) is 7.86. The van der Waals surface area contributed by atoms with Crippen LogP contribution in [0.2, 0.25) is 5.02 Å². The van der Waals surface area contributed by atoms with Crippen molar-refractivity contribution < 1.29 is 0 Å². The van der Waals surface area contributed by atoms with Gasteiger partial charge in [-0.1, -0.05) is 57.9 Å². The molecule has 0 saturated heterocycles. The van der Waals surface area contributed by atoms with Crippen LogP contribution in [-0.4, -0.2) is 6.26 Å². The Labute approximate surface area is 156 Å². The largest absolute Gasteiger partial charge is 0.135 e. The van der Waals surface area contributed by atoms with Crippen LogP contribution in [0.4, 0.5) is 0 Å². The lowest BCUT2D eigenvalue weighted by molar-refractivity contribution is 1.44. The molecule has 0 aliphatic rings. The third kappa shape index (κ3) is 2.60. The minimum Gasteiger partial charge on any atom is -0.135 e. The number of thioether (sulfide) groups is 1. The van der Waals surface area contributed by atoms with Crippen LogP contribution < -0.4 is 0 Å². The molecule has 0 saturated carbocycles. The molecule has 3 aromatic carbocycles. The fourth-order valence-corrected chi connectivity index (χ4v) is 5.78. The Balaban J connectivity index is 2.15. The first-order chi connectivity index (χ1) is 11.2. The summed E-state index contributed by atoms with van der Waals surface area (Å²) in [5.41, 5.74) is 2.43. The van der Waals surface area contributed by atoms with Crippen molar-refractivity contribution in [1.82, 2.24) is 0 Å². The zero-order valence-corrected chi connectivity index (χ0v) is 16.2. The summed E-state index contributed by atoms with van der Waals surface area (Å²) < 4.78 is 3.64. The summed E-state index contributed by atoms with van der Waals surface area (Å²) in [4.78, 5) is 1.12. The molecule has 0 amide bonds. The highest BCUT2D eigenvalue weighted by atomic mass is 79.9. The van der Waals surface area contributed by atoms with Crippen LogP contribution in [0.1, 0.15) is 0 Å². The van der Waals surface area contributed by atoms with Gasteiger partial charge < -0.3 is 0 Å². The van der Waals surface area contributed by atoms with E-state index in [1.54, 1.807) is 11.8 Å². The average Bonchev–Trinajstić information content (AvgIpc) is 2.92. The average molecular weight is 420 g/mol. The molecule has 0 fully saturated rings. The van der Waals surface area contributed by atoms with E-state index in [9.17, 15) is 0 Å². The van der Waals surface area contributed by atoms with Crippen molar-refractivity contribution in [2.75, 3.05) is 6.26 Å². The van der Waals surface area contributed by atoms with Gasteiger partial charge in [-0.15, -0.1) is 23.1 Å². The smallest absolute Gasteiger partial charge is 0.0559 e. The summed E-state index contributed by atoms with van der Waals surface area (Å²) in [5, 5.41) is 3.42. The van der Waals surface area contributed by atoms with E-state index in [1.807, 2.05) is 17.4 Å². The van der Waals surface area contributed by atoms with Gasteiger partial charge in [0.15, 0.2) is 0 Å². The Kier molecular flexibility index (Phi) is 4.14. The van der Waals surface area contributed by atoms with E-state index >= 15 is 0 Å². The van der Waals surface area contributed by atoms with Gasteiger partial charge in [-0.25, -0.2) is 0 Å². The van der Waals surface area contributed by atoms with Gasteiger partial charge in [-0.2, -0.15) is 0 Å². The van der Waals surface area contributed by atoms with Gasteiger partial charge in [0.25, 0.3) is 0 Å². The van der Waals surface area contributed by atoms with Gasteiger partial charge in [-0.3, -0.25) is 0 Å². The Hall–Kier alpha value is -1.00. The number of hydrogen-bond donors (Lipinski definition) is 0. The first kappa shape index (κ1) is 15.5. The molecule has 0 unspecified atom stereocenters. The summed E-state index contributed by atoms with van der Waals surface area (Å²) in [7, 11) is 0. The van der Waals surface area contributed by atoms with Crippen LogP contribution in [0.5, 0.6) is 0 Å². The van der Waals surface area contributed by atoms with Gasteiger partial charge in [0.05, 0.1) is 5.02 Å². The minimum atomic E-state index is 0.790. The van der Waals surface area contributed by atoms with Crippen molar-refractivity contribution in [1.29, 1.82) is 0 Å². The van der Waals surface area contributed by atoms with Crippen LogP contribution in [0.25, 0.3) is 31.3 Å². The van der Waals surface area contributed by atoms with Crippen molar-refractivity contribution in [2.45, 2.75) is 4.90 Å². The molecule has 0 aliphatic carbocycles. The third-order valence-electron chi connectivity index (χ3n) is 3.91. The molecule has 0 spiro atoms. The quantitative estimate of drug-likeness (QED) is 0.298. The van der Waals surface area contributed by atoms with Crippen molar-refractivity contribution in [3.63, 3.8) is 0 Å². The van der Waals surface area contributed by atoms with Crippen molar-refractivity contribution in [3.05, 3.63) is 64.1 Å². The summed E-state index contributed by atoms with van der Waals surface area (Å²) >= 11 is 13.6. The van der Waals surface area contributed by atoms with Crippen molar-refractivity contribution >= 4 is 70.8 Å². The molecular weight excluding hydrogens is 408 g/mol. The molecule has 4 heteroatoms. The van der Waals surface area contributed by atoms with E-state index < -0.39 is 0 Å². The maximum Gasteiger partial charge on any atom is 0.0559 e. The van der Waals surface area contributed by atoms with Crippen LogP contribution in [0.3, 0.4) is 0 Å². The molecular formula is C19H12BrClS2. The van der Waals surface area contributed by atoms with Crippen LogP contribution in [-0.2, 0) is 0 Å². The topological polar surface area (TPSA) is 0 Å². The molecule has 0 bridgehead atoms. The molecule has 0 nitrogen and oxygen atoms in total. The fraction of sp³-hybridized carbons (Fsp3) is 0.0526. The van der Waals surface area contributed by atoms with E-state index in [0.29, 0.717) is 0 Å². The molecule has 1 heterocycles. The SMILES string of the molecule is CSc1c(Cl)cc(Br)cc1-c1cccc2sc3ccccc3c12. The van der Waals surface area contributed by atoms with E-state index in [-0.39, 0.29) is 0 Å². The zero-order valence-electron chi connectivity index (χ0n) is 12.3. The normalized spacial score (nSPS) is 11.4. The van der Waals surface area contributed by atoms with Crippen LogP contribution in [0, 0.1) is 0 Å². The third-order valence-corrected chi connectivity index (χ3v) is 6.76. The summed E-state index contributed by atoms with van der Waals surface area (Å²) in [5.74, 6) is 0. The monoisotopic (exact) mass is 418 g/mol. The number of benzene rings is 3. The lowest BCUT2D eigenvalue weighted by Gasteiger charge is -2.12. The molecule has 1 aromatic heterocycles. The predicted molar refractivity (Wildman–Crippen MR) is 109 cm³/mol. The molecule has 0 N–H and O–H groups in total. The van der Waals surface area contributed by atoms with E-state index in [2.05, 4.69) is 70.7 Å². The van der Waals surface area contributed by atoms with Crippen LogP contribution >= 0.6 is 50.6 Å². The summed E-state index contributed by atoms with van der Waals surface area (Å²) in [6, 6.07) is 19.2. The van der Waals surface area contributed by atoms with Gasteiger partial charge in [0, 0.05) is 29.5 Å². The second-order valence-electron chi connectivity index (χ2n) is 5.25. The Morgan fingerprint density at radius 1 is 0.957 bits per heavy atom. The Bertz CT molecular complexity index is 1040. The maximum atomic E-state index is 6.48. The minimum absolute atomic E-state index is 0.790. The number of halogens is 2. The second kappa shape index (κ2) is 6.14. The van der Waals surface area contributed by atoms with Crippen molar-refractivity contribution in [2.24, 2.45) is 0 Å². The van der Waals surface area contributed by atoms with Crippen LogP contribution in [0.15, 0.2) is 64.0 Å². The zero-order chi connectivity index (χ0) is 16.0.